The van der Waals surface area contributed by atoms with Gasteiger partial charge in [-0.2, -0.15) is 18.3 Å². The van der Waals surface area contributed by atoms with Gasteiger partial charge in [0.1, 0.15) is 0 Å². The largest absolute Gasteiger partial charge is 0.416 e. The maximum Gasteiger partial charge on any atom is 0.416 e. The fourth-order valence-electron chi connectivity index (χ4n) is 3.06. The van der Waals surface area contributed by atoms with Crippen molar-refractivity contribution in [2.24, 2.45) is 0 Å². The number of rotatable bonds is 3. The summed E-state index contributed by atoms with van der Waals surface area (Å²) in [7, 11) is 0. The number of aromatic nitrogens is 2. The van der Waals surface area contributed by atoms with E-state index in [0.717, 1.165) is 34.8 Å². The van der Waals surface area contributed by atoms with Crippen LogP contribution in [0.25, 0.3) is 11.4 Å². The lowest BCUT2D eigenvalue weighted by molar-refractivity contribution is -0.137. The van der Waals surface area contributed by atoms with E-state index in [-0.39, 0.29) is 0 Å². The topological polar surface area (TPSA) is 33.1 Å². The monoisotopic (exact) mass is 382 g/mol. The Bertz CT molecular complexity index is 1060. The van der Waals surface area contributed by atoms with Crippen molar-refractivity contribution >= 4 is 11.4 Å². The molecule has 0 spiro atoms. The summed E-state index contributed by atoms with van der Waals surface area (Å²) >= 11 is 0. The van der Waals surface area contributed by atoms with Crippen LogP contribution in [-0.2, 0) is 6.18 Å². The van der Waals surface area contributed by atoms with Crippen LogP contribution in [0.5, 0.6) is 0 Å². The highest BCUT2D eigenvalue weighted by atomic mass is 19.4. The molecule has 0 saturated heterocycles. The summed E-state index contributed by atoms with van der Waals surface area (Å²) in [6, 6.07) is 14.9. The molecule has 3 aromatic rings. The smallest absolute Gasteiger partial charge is 0.292 e. The van der Waals surface area contributed by atoms with Gasteiger partial charge < -0.3 is 0 Å². The van der Waals surface area contributed by atoms with E-state index in [1.807, 2.05) is 43.3 Å². The van der Waals surface area contributed by atoms with Crippen molar-refractivity contribution in [2.75, 3.05) is 5.01 Å². The van der Waals surface area contributed by atoms with Gasteiger partial charge in [0, 0.05) is 6.20 Å². The van der Waals surface area contributed by atoms with Gasteiger partial charge in [-0.3, -0.25) is 10.4 Å². The molecule has 1 aliphatic rings. The van der Waals surface area contributed by atoms with Gasteiger partial charge in [0.15, 0.2) is 0 Å². The summed E-state index contributed by atoms with van der Waals surface area (Å²) in [5.41, 5.74) is 6.38. The van der Waals surface area contributed by atoms with Crippen LogP contribution in [0, 0.1) is 6.92 Å². The number of allylic oxidation sites excluding steroid dienone is 2. The van der Waals surface area contributed by atoms with Gasteiger partial charge in [0.05, 0.1) is 34.5 Å². The molecule has 2 aromatic carbocycles. The molecule has 0 aliphatic carbocycles. The number of alkyl halides is 3. The zero-order valence-corrected chi connectivity index (χ0v) is 15.0. The number of halogens is 3. The summed E-state index contributed by atoms with van der Waals surface area (Å²) in [5, 5.41) is 5.97. The third kappa shape index (κ3) is 3.38. The Labute approximate surface area is 160 Å². The Balaban J connectivity index is 1.65. The summed E-state index contributed by atoms with van der Waals surface area (Å²) in [6.45, 7) is 2.00. The van der Waals surface area contributed by atoms with Gasteiger partial charge in [-0.1, -0.05) is 24.3 Å². The predicted molar refractivity (Wildman–Crippen MR) is 102 cm³/mol. The van der Waals surface area contributed by atoms with Crippen molar-refractivity contribution < 1.29 is 13.2 Å². The van der Waals surface area contributed by atoms with E-state index in [0.29, 0.717) is 5.69 Å². The summed E-state index contributed by atoms with van der Waals surface area (Å²) < 4.78 is 40.9. The van der Waals surface area contributed by atoms with Crippen molar-refractivity contribution in [3.63, 3.8) is 0 Å². The molecule has 0 saturated carbocycles. The van der Waals surface area contributed by atoms with Gasteiger partial charge in [-0.25, -0.2) is 4.68 Å². The molecular formula is C21H17F3N4. The highest BCUT2D eigenvalue weighted by molar-refractivity contribution is 5.69. The van der Waals surface area contributed by atoms with Gasteiger partial charge in [-0.05, 0) is 55.0 Å². The molecule has 1 aromatic heterocycles. The minimum Gasteiger partial charge on any atom is -0.292 e. The first-order valence-electron chi connectivity index (χ1n) is 8.65. The van der Waals surface area contributed by atoms with Gasteiger partial charge in [-0.15, -0.1) is 0 Å². The molecule has 0 amide bonds. The summed E-state index contributed by atoms with van der Waals surface area (Å²) in [5.74, 6) is 0. The molecule has 0 atom stereocenters. The molecule has 4 nitrogen and oxygen atoms in total. The van der Waals surface area contributed by atoms with Gasteiger partial charge in [0.2, 0.25) is 0 Å². The first-order valence-corrected chi connectivity index (χ1v) is 8.65. The number of nitrogens with zero attached hydrogens (tertiary/aromatic N) is 3. The second-order valence-electron chi connectivity index (χ2n) is 6.37. The van der Waals surface area contributed by atoms with E-state index >= 15 is 0 Å². The van der Waals surface area contributed by atoms with Crippen LogP contribution >= 0.6 is 0 Å². The molecule has 0 unspecified atom stereocenters. The maximum atomic E-state index is 13.0. The average Bonchev–Trinajstić information content (AvgIpc) is 3.17. The third-order valence-corrected chi connectivity index (χ3v) is 4.45. The van der Waals surface area contributed by atoms with Crippen LogP contribution in [0.2, 0.25) is 0 Å². The zero-order chi connectivity index (χ0) is 19.7. The van der Waals surface area contributed by atoms with Crippen LogP contribution < -0.4 is 10.4 Å². The third-order valence-electron chi connectivity index (χ3n) is 4.45. The predicted octanol–water partition coefficient (Wildman–Crippen LogP) is 5.08. The summed E-state index contributed by atoms with van der Waals surface area (Å²) in [4.78, 5) is 0. The normalized spacial score (nSPS) is 14.0. The highest BCUT2D eigenvalue weighted by Crippen LogP contribution is 2.32. The van der Waals surface area contributed by atoms with Crippen molar-refractivity contribution in [1.29, 1.82) is 0 Å². The van der Waals surface area contributed by atoms with E-state index in [2.05, 4.69) is 10.5 Å². The lowest BCUT2D eigenvalue weighted by Crippen LogP contribution is -2.34. The van der Waals surface area contributed by atoms with E-state index in [4.69, 9.17) is 0 Å². The molecule has 0 radical (unpaired) electrons. The molecule has 1 N–H and O–H groups in total. The molecule has 1 aliphatic heterocycles. The Hall–Kier alpha value is -3.48. The number of anilines is 1. The van der Waals surface area contributed by atoms with Crippen molar-refractivity contribution in [1.82, 2.24) is 15.2 Å². The van der Waals surface area contributed by atoms with E-state index in [9.17, 15) is 13.2 Å². The number of benzene rings is 2. The fraction of sp³-hybridized carbons (Fsp3) is 0.0952. The minimum absolute atomic E-state index is 0.388. The molecule has 2 heterocycles. The van der Waals surface area contributed by atoms with Crippen LogP contribution in [0.15, 0.2) is 79.1 Å². The van der Waals surface area contributed by atoms with Crippen LogP contribution in [0.1, 0.15) is 16.8 Å². The Morgan fingerprint density at radius 2 is 1.82 bits per heavy atom. The molecule has 4 rings (SSSR count). The first-order chi connectivity index (χ1) is 13.4. The first kappa shape index (κ1) is 17.9. The molecule has 142 valence electrons. The van der Waals surface area contributed by atoms with E-state index < -0.39 is 11.7 Å². The Kier molecular flexibility index (Phi) is 4.43. The Morgan fingerprint density at radius 3 is 2.61 bits per heavy atom. The van der Waals surface area contributed by atoms with Crippen LogP contribution in [0.4, 0.5) is 18.9 Å². The van der Waals surface area contributed by atoms with Gasteiger partial charge >= 0.3 is 6.18 Å². The number of hydrazine groups is 1. The maximum absolute atomic E-state index is 13.0. The fourth-order valence-corrected chi connectivity index (χ4v) is 3.06. The number of para-hydroxylation sites is 1. The number of nitrogens with one attached hydrogen (secondary N) is 1. The zero-order valence-electron chi connectivity index (χ0n) is 15.0. The number of aryl methyl sites for hydroxylation is 1. The second-order valence-corrected chi connectivity index (χ2v) is 6.37. The Morgan fingerprint density at radius 1 is 1.00 bits per heavy atom. The van der Waals surface area contributed by atoms with Gasteiger partial charge in [0.25, 0.3) is 0 Å². The van der Waals surface area contributed by atoms with Crippen molar-refractivity contribution in [3.8, 4) is 5.69 Å². The lowest BCUT2D eigenvalue weighted by atomic mass is 10.1. The van der Waals surface area contributed by atoms with Crippen molar-refractivity contribution in [2.45, 2.75) is 13.1 Å². The molecule has 0 fully saturated rings. The number of hydrogen-bond donors (Lipinski definition) is 1. The number of hydrogen-bond acceptors (Lipinski definition) is 3. The quantitative estimate of drug-likeness (QED) is 0.686. The molecular weight excluding hydrogens is 365 g/mol. The average molecular weight is 382 g/mol. The SMILES string of the molecule is Cc1ccccc1-n1nccc1C1=CC=CN(c2cccc(C(F)(F)F)c2)N1. The second kappa shape index (κ2) is 6.92. The van der Waals surface area contributed by atoms with E-state index in [1.54, 1.807) is 34.2 Å². The highest BCUT2D eigenvalue weighted by Gasteiger charge is 2.31. The lowest BCUT2D eigenvalue weighted by Gasteiger charge is -2.27. The molecule has 28 heavy (non-hydrogen) atoms. The van der Waals surface area contributed by atoms with E-state index in [1.165, 1.54) is 6.07 Å². The standard InChI is InChI=1S/C21H17F3N4/c1-15-6-2-3-10-19(15)28-20(11-12-25-28)18-9-5-13-27(26-18)17-8-4-7-16(14-17)21(22,23)24/h2-14,26H,1H3. The summed E-state index contributed by atoms with van der Waals surface area (Å²) in [6.07, 6.45) is 2.61. The molecule has 7 heteroatoms. The van der Waals surface area contributed by atoms with Crippen LogP contribution in [0.3, 0.4) is 0 Å². The molecule has 0 bridgehead atoms. The van der Waals surface area contributed by atoms with Crippen molar-refractivity contribution in [3.05, 3.63) is 96.0 Å². The minimum atomic E-state index is -4.39. The van der Waals surface area contributed by atoms with Crippen LogP contribution in [-0.4, -0.2) is 9.78 Å².